The smallest absolute Gasteiger partial charge is 0.148 e. The molecule has 0 spiro atoms. The lowest BCUT2D eigenvalue weighted by Gasteiger charge is -2.05. The molecule has 0 saturated heterocycles. The Morgan fingerprint density at radius 3 is 2.87 bits per heavy atom. The van der Waals surface area contributed by atoms with Crippen LogP contribution in [0.5, 0.6) is 0 Å². The van der Waals surface area contributed by atoms with E-state index in [4.69, 9.17) is 11.6 Å². The normalized spacial score (nSPS) is 10.7. The maximum absolute atomic E-state index is 5.88. The SMILES string of the molecule is [CH2]c1nc(C)nn1-c1ccnc(Cl)c1Br. The van der Waals surface area contributed by atoms with Gasteiger partial charge in [0.2, 0.25) is 0 Å². The molecular weight excluding hydrogens is 279 g/mol. The zero-order valence-electron chi connectivity index (χ0n) is 7.91. The first-order chi connectivity index (χ1) is 7.09. The number of nitrogens with zero attached hydrogens (tertiary/aromatic N) is 4. The van der Waals surface area contributed by atoms with Crippen molar-refractivity contribution in [2.24, 2.45) is 0 Å². The molecule has 1 radical (unpaired) electrons. The third-order valence-electron chi connectivity index (χ3n) is 1.83. The van der Waals surface area contributed by atoms with E-state index in [0.717, 1.165) is 5.69 Å². The van der Waals surface area contributed by atoms with Crippen molar-refractivity contribution in [1.29, 1.82) is 0 Å². The van der Waals surface area contributed by atoms with Gasteiger partial charge < -0.3 is 0 Å². The molecule has 4 nitrogen and oxygen atoms in total. The van der Waals surface area contributed by atoms with Crippen molar-refractivity contribution in [2.45, 2.75) is 6.92 Å². The van der Waals surface area contributed by atoms with Crippen LogP contribution in [0, 0.1) is 13.8 Å². The van der Waals surface area contributed by atoms with Crippen molar-refractivity contribution in [1.82, 2.24) is 19.7 Å². The van der Waals surface area contributed by atoms with Gasteiger partial charge in [0.05, 0.1) is 10.2 Å². The van der Waals surface area contributed by atoms with Crippen LogP contribution in [0.25, 0.3) is 5.69 Å². The highest BCUT2D eigenvalue weighted by molar-refractivity contribution is 9.10. The predicted molar refractivity (Wildman–Crippen MR) is 61.1 cm³/mol. The van der Waals surface area contributed by atoms with E-state index in [9.17, 15) is 0 Å². The van der Waals surface area contributed by atoms with Crippen LogP contribution in [0.15, 0.2) is 16.7 Å². The van der Waals surface area contributed by atoms with Gasteiger partial charge in [-0.25, -0.2) is 14.6 Å². The summed E-state index contributed by atoms with van der Waals surface area (Å²) in [6.07, 6.45) is 1.61. The average Bonchev–Trinajstić information content (AvgIpc) is 2.50. The van der Waals surface area contributed by atoms with Gasteiger partial charge in [-0.15, -0.1) is 0 Å². The first-order valence-corrected chi connectivity index (χ1v) is 5.32. The molecule has 0 aliphatic heterocycles. The Kier molecular flexibility index (Phi) is 2.75. The second-order valence-corrected chi connectivity index (χ2v) is 4.07. The molecule has 6 heteroatoms. The Labute approximate surface area is 100 Å². The second-order valence-electron chi connectivity index (χ2n) is 2.92. The number of aromatic nitrogens is 4. The van der Waals surface area contributed by atoms with E-state index in [1.807, 2.05) is 6.92 Å². The third kappa shape index (κ3) is 1.89. The molecule has 0 amide bonds. The van der Waals surface area contributed by atoms with Crippen molar-refractivity contribution < 1.29 is 0 Å². The maximum Gasteiger partial charge on any atom is 0.148 e. The van der Waals surface area contributed by atoms with Gasteiger partial charge in [-0.2, -0.15) is 5.10 Å². The summed E-state index contributed by atoms with van der Waals surface area (Å²) in [5.41, 5.74) is 0.778. The van der Waals surface area contributed by atoms with Gasteiger partial charge in [0.1, 0.15) is 16.8 Å². The molecule has 0 atom stereocenters. The van der Waals surface area contributed by atoms with E-state index in [2.05, 4.69) is 37.9 Å². The molecule has 0 bridgehead atoms. The number of aryl methyl sites for hydroxylation is 1. The molecular formula is C9H7BrClN4. The fraction of sp³-hybridized carbons (Fsp3) is 0.111. The maximum atomic E-state index is 5.88. The van der Waals surface area contributed by atoms with Gasteiger partial charge in [0.25, 0.3) is 0 Å². The third-order valence-corrected chi connectivity index (χ3v) is 3.13. The molecule has 0 aromatic carbocycles. The lowest BCUT2D eigenvalue weighted by molar-refractivity contribution is 0.840. The van der Waals surface area contributed by atoms with Gasteiger partial charge in [0.15, 0.2) is 0 Å². The number of halogens is 2. The second kappa shape index (κ2) is 3.90. The molecule has 2 aromatic rings. The van der Waals surface area contributed by atoms with Crippen LogP contribution in [0.2, 0.25) is 5.15 Å². The molecule has 0 aliphatic rings. The zero-order chi connectivity index (χ0) is 11.0. The van der Waals surface area contributed by atoms with E-state index < -0.39 is 0 Å². The summed E-state index contributed by atoms with van der Waals surface area (Å²) in [5.74, 6) is 1.23. The standard InChI is InChI=1S/C9H7BrClN4/c1-5-13-6(2)15(14-5)7-3-4-12-9(11)8(7)10/h3-4H,2H2,1H3. The van der Waals surface area contributed by atoms with Gasteiger partial charge in [-0.05, 0) is 28.9 Å². The topological polar surface area (TPSA) is 43.6 Å². The van der Waals surface area contributed by atoms with Gasteiger partial charge in [0, 0.05) is 13.1 Å². The van der Waals surface area contributed by atoms with Gasteiger partial charge in [-0.1, -0.05) is 11.6 Å². The summed E-state index contributed by atoms with van der Waals surface area (Å²) in [7, 11) is 0. The van der Waals surface area contributed by atoms with E-state index in [1.54, 1.807) is 16.9 Å². The molecule has 0 unspecified atom stereocenters. The van der Waals surface area contributed by atoms with E-state index in [0.29, 0.717) is 21.3 Å². The fourth-order valence-electron chi connectivity index (χ4n) is 1.22. The van der Waals surface area contributed by atoms with Crippen LogP contribution in [0.1, 0.15) is 11.6 Å². The predicted octanol–water partition coefficient (Wildman–Crippen LogP) is 2.57. The summed E-state index contributed by atoms with van der Waals surface area (Å²) in [4.78, 5) is 8.05. The number of hydrogen-bond donors (Lipinski definition) is 0. The van der Waals surface area contributed by atoms with Crippen molar-refractivity contribution in [3.8, 4) is 5.69 Å². The Morgan fingerprint density at radius 2 is 2.27 bits per heavy atom. The van der Waals surface area contributed by atoms with E-state index >= 15 is 0 Å². The summed E-state index contributed by atoms with van der Waals surface area (Å²) >= 11 is 9.23. The molecule has 0 saturated carbocycles. The minimum atomic E-state index is 0.389. The number of hydrogen-bond acceptors (Lipinski definition) is 3. The summed E-state index contributed by atoms with van der Waals surface area (Å²) in [6, 6.07) is 1.79. The largest absolute Gasteiger partial charge is 0.243 e. The van der Waals surface area contributed by atoms with Crippen molar-refractivity contribution >= 4 is 27.5 Å². The van der Waals surface area contributed by atoms with E-state index in [-0.39, 0.29) is 0 Å². The minimum absolute atomic E-state index is 0.389. The zero-order valence-corrected chi connectivity index (χ0v) is 10.2. The summed E-state index contributed by atoms with van der Waals surface area (Å²) < 4.78 is 2.30. The molecule has 0 N–H and O–H groups in total. The highest BCUT2D eigenvalue weighted by Gasteiger charge is 2.11. The molecule has 77 valence electrons. The highest BCUT2D eigenvalue weighted by Crippen LogP contribution is 2.26. The Hall–Kier alpha value is -0.940. The Bertz CT molecular complexity index is 509. The average molecular weight is 287 g/mol. The van der Waals surface area contributed by atoms with Crippen molar-refractivity contribution in [2.75, 3.05) is 0 Å². The highest BCUT2D eigenvalue weighted by atomic mass is 79.9. The monoisotopic (exact) mass is 285 g/mol. The first kappa shape index (κ1) is 10.6. The first-order valence-electron chi connectivity index (χ1n) is 4.15. The van der Waals surface area contributed by atoms with Gasteiger partial charge >= 0.3 is 0 Å². The molecule has 2 aromatic heterocycles. The van der Waals surface area contributed by atoms with Crippen LogP contribution in [-0.4, -0.2) is 19.7 Å². The summed E-state index contributed by atoms with van der Waals surface area (Å²) in [6.45, 7) is 5.60. The lowest BCUT2D eigenvalue weighted by Crippen LogP contribution is -2.01. The lowest BCUT2D eigenvalue weighted by atomic mass is 10.4. The van der Waals surface area contributed by atoms with E-state index in [1.165, 1.54) is 0 Å². The number of pyridine rings is 1. The van der Waals surface area contributed by atoms with Crippen LogP contribution >= 0.6 is 27.5 Å². The fourth-order valence-corrected chi connectivity index (χ4v) is 1.78. The van der Waals surface area contributed by atoms with Crippen LogP contribution in [0.4, 0.5) is 0 Å². The van der Waals surface area contributed by atoms with Crippen molar-refractivity contribution in [3.63, 3.8) is 0 Å². The van der Waals surface area contributed by atoms with Crippen LogP contribution < -0.4 is 0 Å². The van der Waals surface area contributed by atoms with Crippen LogP contribution in [-0.2, 0) is 0 Å². The minimum Gasteiger partial charge on any atom is -0.243 e. The Morgan fingerprint density at radius 1 is 1.53 bits per heavy atom. The quantitative estimate of drug-likeness (QED) is 0.757. The van der Waals surface area contributed by atoms with Crippen LogP contribution in [0.3, 0.4) is 0 Å². The molecule has 0 aliphatic carbocycles. The molecule has 0 fully saturated rings. The molecule has 2 rings (SSSR count). The Balaban J connectivity index is 2.64. The number of rotatable bonds is 1. The molecule has 2 heterocycles. The van der Waals surface area contributed by atoms with Crippen molar-refractivity contribution in [3.05, 3.63) is 40.5 Å². The molecule has 15 heavy (non-hydrogen) atoms. The summed E-state index contributed by atoms with van der Waals surface area (Å²) in [5, 5.41) is 4.60. The van der Waals surface area contributed by atoms with Gasteiger partial charge in [-0.3, -0.25) is 0 Å².